The number of carbonyl (C=O) groups is 1. The molecule has 1 unspecified atom stereocenters. The van der Waals surface area contributed by atoms with E-state index in [1.54, 1.807) is 6.92 Å². The first kappa shape index (κ1) is 15.1. The fraction of sp³-hybridized carbons (Fsp3) is 0.333. The van der Waals surface area contributed by atoms with Crippen molar-refractivity contribution in [2.75, 3.05) is 6.54 Å². The molecule has 102 valence electrons. The minimum atomic E-state index is -3.82. The molecule has 19 heavy (non-hydrogen) atoms. The number of sulfonamides is 1. The van der Waals surface area contributed by atoms with Gasteiger partial charge in [-0.15, -0.1) is 0 Å². The van der Waals surface area contributed by atoms with Crippen LogP contribution in [-0.2, 0) is 14.8 Å². The number of carbonyl (C=O) groups excluding carboxylic acids is 1. The van der Waals surface area contributed by atoms with Crippen LogP contribution in [0.5, 0.6) is 0 Å². The molecular weight excluding hydrogens is 266 g/mol. The highest BCUT2D eigenvalue weighted by atomic mass is 32.2. The zero-order valence-electron chi connectivity index (χ0n) is 10.7. The summed E-state index contributed by atoms with van der Waals surface area (Å²) in [5, 5.41) is 11.3. The molecule has 1 amide bonds. The largest absolute Gasteiger partial charge is 0.355 e. The second-order valence-electron chi connectivity index (χ2n) is 3.88. The molecule has 7 heteroatoms. The third-order valence-electron chi connectivity index (χ3n) is 2.35. The van der Waals surface area contributed by atoms with Crippen molar-refractivity contribution < 1.29 is 13.2 Å². The summed E-state index contributed by atoms with van der Waals surface area (Å²) < 4.78 is 26.3. The number of nitrogens with one attached hydrogen (secondary N) is 2. The first-order valence-corrected chi connectivity index (χ1v) is 7.19. The maximum Gasteiger partial charge on any atom is 0.241 e. The molecule has 1 aromatic carbocycles. The van der Waals surface area contributed by atoms with Crippen LogP contribution in [0.2, 0.25) is 0 Å². The van der Waals surface area contributed by atoms with E-state index in [1.807, 2.05) is 6.07 Å². The number of nitriles is 1. The predicted octanol–water partition coefficient (Wildman–Crippen LogP) is 0.361. The zero-order chi connectivity index (χ0) is 14.5. The summed E-state index contributed by atoms with van der Waals surface area (Å²) >= 11 is 0. The van der Waals surface area contributed by atoms with Gasteiger partial charge in [0.2, 0.25) is 15.9 Å². The molecule has 0 aliphatic rings. The molecule has 2 N–H and O–H groups in total. The fourth-order valence-electron chi connectivity index (χ4n) is 1.41. The Balaban J connectivity index is 2.93. The highest BCUT2D eigenvalue weighted by Gasteiger charge is 2.21. The summed E-state index contributed by atoms with van der Waals surface area (Å²) in [6.45, 7) is 3.63. The molecule has 0 saturated heterocycles. The lowest BCUT2D eigenvalue weighted by Gasteiger charge is -2.13. The van der Waals surface area contributed by atoms with E-state index in [2.05, 4.69) is 10.0 Å². The molecule has 0 aromatic heterocycles. The SMILES string of the molecule is CCNC(=O)C(C)NS(=O)(=O)c1cccc(C#N)c1. The van der Waals surface area contributed by atoms with Crippen LogP contribution in [0.4, 0.5) is 0 Å². The van der Waals surface area contributed by atoms with Gasteiger partial charge in [-0.1, -0.05) is 6.07 Å². The van der Waals surface area contributed by atoms with E-state index in [0.717, 1.165) is 0 Å². The van der Waals surface area contributed by atoms with Crippen molar-refractivity contribution in [3.8, 4) is 6.07 Å². The Kier molecular flexibility index (Phi) is 5.03. The second kappa shape index (κ2) is 6.31. The zero-order valence-corrected chi connectivity index (χ0v) is 11.5. The number of amides is 1. The van der Waals surface area contributed by atoms with E-state index in [4.69, 9.17) is 5.26 Å². The smallest absolute Gasteiger partial charge is 0.241 e. The number of hydrogen-bond donors (Lipinski definition) is 2. The topological polar surface area (TPSA) is 99.1 Å². The Morgan fingerprint density at radius 3 is 2.74 bits per heavy atom. The predicted molar refractivity (Wildman–Crippen MR) is 69.6 cm³/mol. The number of hydrogen-bond acceptors (Lipinski definition) is 4. The number of nitrogens with zero attached hydrogens (tertiary/aromatic N) is 1. The van der Waals surface area contributed by atoms with Crippen LogP contribution in [-0.4, -0.2) is 26.9 Å². The van der Waals surface area contributed by atoms with Gasteiger partial charge in [-0.25, -0.2) is 8.42 Å². The Labute approximate surface area is 112 Å². The molecule has 0 aliphatic carbocycles. The molecule has 0 spiro atoms. The van der Waals surface area contributed by atoms with Crippen LogP contribution in [0.15, 0.2) is 29.2 Å². The molecule has 1 rings (SSSR count). The van der Waals surface area contributed by atoms with Crippen molar-refractivity contribution >= 4 is 15.9 Å². The van der Waals surface area contributed by atoms with Gasteiger partial charge in [0.15, 0.2) is 0 Å². The highest BCUT2D eigenvalue weighted by molar-refractivity contribution is 7.89. The van der Waals surface area contributed by atoms with Gasteiger partial charge in [0.25, 0.3) is 0 Å². The monoisotopic (exact) mass is 281 g/mol. The lowest BCUT2D eigenvalue weighted by Crippen LogP contribution is -2.44. The number of rotatable bonds is 5. The molecule has 6 nitrogen and oxygen atoms in total. The minimum Gasteiger partial charge on any atom is -0.355 e. The normalized spacial score (nSPS) is 12.5. The number of likely N-dealkylation sites (N-methyl/N-ethyl adjacent to an activating group) is 1. The molecule has 0 fully saturated rings. The van der Waals surface area contributed by atoms with Crippen LogP contribution in [0, 0.1) is 11.3 Å². The summed E-state index contributed by atoms with van der Waals surface area (Å²) in [4.78, 5) is 11.4. The average molecular weight is 281 g/mol. The van der Waals surface area contributed by atoms with Gasteiger partial charge in [0, 0.05) is 6.54 Å². The lowest BCUT2D eigenvalue weighted by atomic mass is 10.2. The first-order valence-electron chi connectivity index (χ1n) is 5.71. The quantitative estimate of drug-likeness (QED) is 0.814. The van der Waals surface area contributed by atoms with Crippen LogP contribution in [0.25, 0.3) is 0 Å². The average Bonchev–Trinajstić information content (AvgIpc) is 2.38. The summed E-state index contributed by atoms with van der Waals surface area (Å²) in [7, 11) is -3.82. The second-order valence-corrected chi connectivity index (χ2v) is 5.59. The van der Waals surface area contributed by atoms with Crippen molar-refractivity contribution in [3.05, 3.63) is 29.8 Å². The summed E-state index contributed by atoms with van der Waals surface area (Å²) in [5.74, 6) is -0.400. The van der Waals surface area contributed by atoms with Gasteiger partial charge in [-0.2, -0.15) is 9.98 Å². The van der Waals surface area contributed by atoms with Crippen LogP contribution in [0.3, 0.4) is 0 Å². The Morgan fingerprint density at radius 1 is 1.47 bits per heavy atom. The molecule has 1 aromatic rings. The van der Waals surface area contributed by atoms with Gasteiger partial charge in [0.1, 0.15) is 0 Å². The highest BCUT2D eigenvalue weighted by Crippen LogP contribution is 2.11. The Hall–Kier alpha value is -1.91. The van der Waals surface area contributed by atoms with Crippen molar-refractivity contribution in [2.24, 2.45) is 0 Å². The van der Waals surface area contributed by atoms with Gasteiger partial charge >= 0.3 is 0 Å². The Bertz CT molecular complexity index is 605. The molecule has 0 aliphatic heterocycles. The molecule has 0 saturated carbocycles. The molecular formula is C12H15N3O3S. The summed E-state index contributed by atoms with van der Waals surface area (Å²) in [6.07, 6.45) is 0. The van der Waals surface area contributed by atoms with E-state index in [9.17, 15) is 13.2 Å². The van der Waals surface area contributed by atoms with E-state index in [-0.39, 0.29) is 10.5 Å². The van der Waals surface area contributed by atoms with Crippen LogP contribution in [0.1, 0.15) is 19.4 Å². The third-order valence-corrected chi connectivity index (χ3v) is 3.89. The first-order chi connectivity index (χ1) is 8.90. The van der Waals surface area contributed by atoms with Crippen LogP contribution >= 0.6 is 0 Å². The Morgan fingerprint density at radius 2 is 2.16 bits per heavy atom. The van der Waals surface area contributed by atoms with E-state index >= 15 is 0 Å². The maximum absolute atomic E-state index is 12.0. The molecule has 0 radical (unpaired) electrons. The fourth-order valence-corrected chi connectivity index (χ4v) is 2.66. The lowest BCUT2D eigenvalue weighted by molar-refractivity contribution is -0.122. The van der Waals surface area contributed by atoms with Gasteiger partial charge in [0.05, 0.1) is 22.6 Å². The van der Waals surface area contributed by atoms with Gasteiger partial charge in [-0.3, -0.25) is 4.79 Å². The molecule has 0 heterocycles. The summed E-state index contributed by atoms with van der Waals surface area (Å²) in [6, 6.07) is 6.59. The van der Waals surface area contributed by atoms with Crippen molar-refractivity contribution in [3.63, 3.8) is 0 Å². The molecule has 0 bridgehead atoms. The van der Waals surface area contributed by atoms with Gasteiger partial charge in [-0.05, 0) is 32.0 Å². The summed E-state index contributed by atoms with van der Waals surface area (Å²) in [5.41, 5.74) is 0.244. The van der Waals surface area contributed by atoms with Gasteiger partial charge < -0.3 is 5.32 Å². The van der Waals surface area contributed by atoms with Crippen molar-refractivity contribution in [2.45, 2.75) is 24.8 Å². The van der Waals surface area contributed by atoms with E-state index < -0.39 is 22.0 Å². The standard InChI is InChI=1S/C12H15N3O3S/c1-3-14-12(16)9(2)15-19(17,18)11-6-4-5-10(7-11)8-13/h4-7,9,15H,3H2,1-2H3,(H,14,16). The third kappa shape index (κ3) is 4.05. The van der Waals surface area contributed by atoms with Crippen molar-refractivity contribution in [1.29, 1.82) is 5.26 Å². The van der Waals surface area contributed by atoms with Crippen LogP contribution < -0.4 is 10.0 Å². The molecule has 1 atom stereocenters. The number of benzene rings is 1. The minimum absolute atomic E-state index is 0.0392. The van der Waals surface area contributed by atoms with E-state index in [0.29, 0.717) is 6.54 Å². The maximum atomic E-state index is 12.0. The van der Waals surface area contributed by atoms with E-state index in [1.165, 1.54) is 31.2 Å². The van der Waals surface area contributed by atoms with Crippen molar-refractivity contribution in [1.82, 2.24) is 10.0 Å².